The Labute approximate surface area is 185 Å². The van der Waals surface area contributed by atoms with E-state index in [1.54, 1.807) is 21.9 Å². The summed E-state index contributed by atoms with van der Waals surface area (Å²) in [5.41, 5.74) is 0. The van der Waals surface area contributed by atoms with Crippen LogP contribution in [0.25, 0.3) is 0 Å². The molecule has 0 N–H and O–H groups in total. The number of carbonyl (C=O) groups excluding carboxylic acids is 2. The maximum Gasteiger partial charge on any atom is 0.264 e. The fraction of sp³-hybridized carbons (Fsp3) is 0.500. The highest BCUT2D eigenvalue weighted by Crippen LogP contribution is 2.29. The van der Waals surface area contributed by atoms with Gasteiger partial charge in [-0.25, -0.2) is 8.42 Å². The Morgan fingerprint density at radius 1 is 1.10 bits per heavy atom. The van der Waals surface area contributed by atoms with Crippen molar-refractivity contribution < 1.29 is 18.0 Å². The summed E-state index contributed by atoms with van der Waals surface area (Å²) in [7, 11) is -3.55. The predicted molar refractivity (Wildman–Crippen MR) is 118 cm³/mol. The first-order valence-electron chi connectivity index (χ1n) is 9.99. The zero-order valence-corrected chi connectivity index (χ0v) is 19.5. The molecule has 0 radical (unpaired) electrons. The molecule has 7 nitrogen and oxygen atoms in total. The summed E-state index contributed by atoms with van der Waals surface area (Å²) in [6.07, 6.45) is 1.46. The molecule has 162 valence electrons. The van der Waals surface area contributed by atoms with Crippen LogP contribution in [0.3, 0.4) is 0 Å². The first kappa shape index (κ1) is 21.5. The molecule has 10 heteroatoms. The van der Waals surface area contributed by atoms with E-state index in [0.29, 0.717) is 35.8 Å². The molecule has 0 unspecified atom stereocenters. The van der Waals surface area contributed by atoms with Crippen molar-refractivity contribution in [3.8, 4) is 0 Å². The highest BCUT2D eigenvalue weighted by Gasteiger charge is 2.39. The minimum Gasteiger partial charge on any atom is -0.338 e. The Hall–Kier alpha value is -1.75. The number of hydrogen-bond donors (Lipinski definition) is 0. The topological polar surface area (TPSA) is 78.0 Å². The lowest BCUT2D eigenvalue weighted by Crippen LogP contribution is -2.55. The molecule has 2 aromatic rings. The van der Waals surface area contributed by atoms with Gasteiger partial charge < -0.3 is 9.80 Å². The van der Waals surface area contributed by atoms with E-state index in [-0.39, 0.29) is 24.9 Å². The fourth-order valence-electron chi connectivity index (χ4n) is 4.17. The highest BCUT2D eigenvalue weighted by molar-refractivity contribution is 7.89. The van der Waals surface area contributed by atoms with E-state index in [2.05, 4.69) is 0 Å². The second-order valence-electron chi connectivity index (χ2n) is 7.64. The Balaban J connectivity index is 1.42. The molecule has 2 aliphatic rings. The normalized spacial score (nSPS) is 20.7. The number of sulfonamides is 1. The number of likely N-dealkylation sites (tertiary alicyclic amines) is 1. The van der Waals surface area contributed by atoms with Crippen LogP contribution in [0.4, 0.5) is 0 Å². The van der Waals surface area contributed by atoms with Crippen LogP contribution in [0.2, 0.25) is 0 Å². The number of piperazine rings is 1. The SMILES string of the molecule is Cc1cc(S(=O)(=O)N2CCN(C(=O)[C@@H]3CCCN3C(=O)c3cccs3)CC2)c(C)s1. The van der Waals surface area contributed by atoms with Crippen molar-refractivity contribution in [2.75, 3.05) is 32.7 Å². The third kappa shape index (κ3) is 3.93. The van der Waals surface area contributed by atoms with Gasteiger partial charge in [0.15, 0.2) is 0 Å². The third-order valence-electron chi connectivity index (χ3n) is 5.69. The molecule has 2 aliphatic heterocycles. The van der Waals surface area contributed by atoms with Gasteiger partial charge >= 0.3 is 0 Å². The van der Waals surface area contributed by atoms with Crippen molar-refractivity contribution in [2.45, 2.75) is 37.6 Å². The van der Waals surface area contributed by atoms with Crippen LogP contribution < -0.4 is 0 Å². The number of rotatable bonds is 4. The second kappa shape index (κ2) is 8.41. The maximum absolute atomic E-state index is 13.1. The molecular weight excluding hydrogens is 442 g/mol. The van der Waals surface area contributed by atoms with Crippen LogP contribution in [0, 0.1) is 13.8 Å². The summed E-state index contributed by atoms with van der Waals surface area (Å²) in [6.45, 7) is 5.54. The predicted octanol–water partition coefficient (Wildman–Crippen LogP) is 2.56. The van der Waals surface area contributed by atoms with Crippen LogP contribution in [0.15, 0.2) is 28.5 Å². The largest absolute Gasteiger partial charge is 0.338 e. The molecule has 4 rings (SSSR count). The van der Waals surface area contributed by atoms with E-state index in [4.69, 9.17) is 0 Å². The van der Waals surface area contributed by atoms with Crippen LogP contribution in [-0.4, -0.2) is 73.1 Å². The Morgan fingerprint density at radius 3 is 2.43 bits per heavy atom. The van der Waals surface area contributed by atoms with Gasteiger partial charge in [0.2, 0.25) is 15.9 Å². The van der Waals surface area contributed by atoms with Gasteiger partial charge in [0, 0.05) is 42.5 Å². The monoisotopic (exact) mass is 467 g/mol. The van der Waals surface area contributed by atoms with E-state index in [1.165, 1.54) is 27.0 Å². The van der Waals surface area contributed by atoms with Crippen molar-refractivity contribution in [1.82, 2.24) is 14.1 Å². The summed E-state index contributed by atoms with van der Waals surface area (Å²) in [5.74, 6) is -0.164. The average molecular weight is 468 g/mol. The van der Waals surface area contributed by atoms with Gasteiger partial charge in [0.1, 0.15) is 6.04 Å². The lowest BCUT2D eigenvalue weighted by atomic mass is 10.1. The minimum absolute atomic E-state index is 0.0722. The minimum atomic E-state index is -3.55. The molecular formula is C20H25N3O4S3. The fourth-order valence-corrected chi connectivity index (χ4v) is 7.80. The lowest BCUT2D eigenvalue weighted by molar-refractivity contribution is -0.136. The number of nitrogens with zero attached hydrogens (tertiary/aromatic N) is 3. The molecule has 2 saturated heterocycles. The van der Waals surface area contributed by atoms with Gasteiger partial charge in [-0.15, -0.1) is 22.7 Å². The molecule has 1 atom stereocenters. The highest BCUT2D eigenvalue weighted by atomic mass is 32.2. The first-order valence-corrected chi connectivity index (χ1v) is 13.1. The third-order valence-corrected chi connectivity index (χ3v) is 9.67. The second-order valence-corrected chi connectivity index (χ2v) is 12.0. The molecule has 4 heterocycles. The molecule has 0 saturated carbocycles. The van der Waals surface area contributed by atoms with Crippen molar-refractivity contribution in [2.24, 2.45) is 0 Å². The average Bonchev–Trinajstić information content (AvgIpc) is 3.48. The summed E-state index contributed by atoms with van der Waals surface area (Å²) in [4.78, 5) is 32.1. The molecule has 2 aromatic heterocycles. The van der Waals surface area contributed by atoms with Gasteiger partial charge in [-0.05, 0) is 44.2 Å². The Kier molecular flexibility index (Phi) is 6.02. The molecule has 0 bridgehead atoms. The zero-order valence-electron chi connectivity index (χ0n) is 17.0. The van der Waals surface area contributed by atoms with Crippen molar-refractivity contribution >= 4 is 44.5 Å². The van der Waals surface area contributed by atoms with E-state index >= 15 is 0 Å². The van der Waals surface area contributed by atoms with Crippen LogP contribution >= 0.6 is 22.7 Å². The van der Waals surface area contributed by atoms with Gasteiger partial charge in [-0.3, -0.25) is 9.59 Å². The molecule has 0 aromatic carbocycles. The maximum atomic E-state index is 13.1. The summed E-state index contributed by atoms with van der Waals surface area (Å²) >= 11 is 2.86. The summed E-state index contributed by atoms with van der Waals surface area (Å²) in [5, 5.41) is 1.86. The van der Waals surface area contributed by atoms with Crippen molar-refractivity contribution in [3.05, 3.63) is 38.2 Å². The van der Waals surface area contributed by atoms with E-state index in [1.807, 2.05) is 25.3 Å². The first-order chi connectivity index (χ1) is 14.3. The van der Waals surface area contributed by atoms with Crippen LogP contribution in [-0.2, 0) is 14.8 Å². The van der Waals surface area contributed by atoms with E-state index in [0.717, 1.165) is 16.2 Å². The number of aryl methyl sites for hydroxylation is 2. The van der Waals surface area contributed by atoms with Crippen molar-refractivity contribution in [3.63, 3.8) is 0 Å². The smallest absolute Gasteiger partial charge is 0.264 e. The quantitative estimate of drug-likeness (QED) is 0.692. The molecule has 30 heavy (non-hydrogen) atoms. The number of amides is 2. The molecule has 2 amide bonds. The molecule has 2 fully saturated rings. The zero-order chi connectivity index (χ0) is 21.5. The van der Waals surface area contributed by atoms with Gasteiger partial charge in [-0.2, -0.15) is 4.31 Å². The molecule has 0 aliphatic carbocycles. The number of carbonyl (C=O) groups is 2. The van der Waals surface area contributed by atoms with Crippen molar-refractivity contribution in [1.29, 1.82) is 0 Å². The molecule has 0 spiro atoms. The van der Waals surface area contributed by atoms with E-state index < -0.39 is 16.1 Å². The summed E-state index contributed by atoms with van der Waals surface area (Å²) in [6, 6.07) is 4.88. The standard InChI is InChI=1S/C20H25N3O4S3/c1-14-13-18(15(2)29-14)30(26,27)22-10-8-21(9-11-22)19(24)16-5-3-7-23(16)20(25)17-6-4-12-28-17/h4,6,12-13,16H,3,5,7-11H2,1-2H3/t16-/m0/s1. The number of hydrogen-bond acceptors (Lipinski definition) is 6. The van der Waals surface area contributed by atoms with Crippen LogP contribution in [0.1, 0.15) is 32.3 Å². The van der Waals surface area contributed by atoms with E-state index in [9.17, 15) is 18.0 Å². The van der Waals surface area contributed by atoms with Gasteiger partial charge in [-0.1, -0.05) is 6.07 Å². The summed E-state index contributed by atoms with van der Waals surface area (Å²) < 4.78 is 27.5. The number of thiophene rings is 2. The van der Waals surface area contributed by atoms with Gasteiger partial charge in [0.05, 0.1) is 9.77 Å². The Bertz CT molecular complexity index is 1040. The Morgan fingerprint density at radius 2 is 1.83 bits per heavy atom. The van der Waals surface area contributed by atoms with Crippen LogP contribution in [0.5, 0.6) is 0 Å². The van der Waals surface area contributed by atoms with Gasteiger partial charge in [0.25, 0.3) is 5.91 Å². The lowest BCUT2D eigenvalue weighted by Gasteiger charge is -2.36.